The second kappa shape index (κ2) is 6.44. The predicted molar refractivity (Wildman–Crippen MR) is 85.6 cm³/mol. The van der Waals surface area contributed by atoms with Crippen LogP contribution in [0.2, 0.25) is 0 Å². The fourth-order valence-electron chi connectivity index (χ4n) is 2.68. The highest BCUT2D eigenvalue weighted by Gasteiger charge is 2.30. The highest BCUT2D eigenvalue weighted by Crippen LogP contribution is 2.25. The third-order valence-electron chi connectivity index (χ3n) is 4.11. The monoisotopic (exact) mass is 299 g/mol. The number of benzene rings is 1. The van der Waals surface area contributed by atoms with E-state index in [0.717, 1.165) is 18.4 Å². The Labute approximate surface area is 130 Å². The van der Waals surface area contributed by atoms with Crippen molar-refractivity contribution in [1.82, 2.24) is 0 Å². The quantitative estimate of drug-likeness (QED) is 0.633. The van der Waals surface area contributed by atoms with Gasteiger partial charge in [0.15, 0.2) is 5.70 Å². The molecule has 0 saturated carbocycles. The molecule has 0 atom stereocenters. The van der Waals surface area contributed by atoms with E-state index >= 15 is 0 Å². The number of cyclic esters (lactones) is 1. The van der Waals surface area contributed by atoms with Gasteiger partial charge in [0, 0.05) is 19.1 Å². The highest BCUT2D eigenvalue weighted by atomic mass is 16.6. The van der Waals surface area contributed by atoms with Gasteiger partial charge >= 0.3 is 5.97 Å². The number of nitrogens with zero attached hydrogens (tertiary/aromatic N) is 1. The minimum Gasteiger partial charge on any atom is -0.406 e. The maximum Gasteiger partial charge on any atom is 0.363 e. The van der Waals surface area contributed by atoms with Gasteiger partial charge < -0.3 is 9.47 Å². The summed E-state index contributed by atoms with van der Waals surface area (Å²) in [6.45, 7) is 5.73. The normalized spacial score (nSPS) is 21.3. The summed E-state index contributed by atoms with van der Waals surface area (Å²) in [5.41, 5.74) is 2.63. The topological polar surface area (TPSA) is 47.9 Å². The van der Waals surface area contributed by atoms with Crippen LogP contribution in [0.15, 0.2) is 35.0 Å². The van der Waals surface area contributed by atoms with Crippen LogP contribution in [0.4, 0.5) is 0 Å². The lowest BCUT2D eigenvalue weighted by Crippen LogP contribution is -2.24. The summed E-state index contributed by atoms with van der Waals surface area (Å²) in [5.74, 6) is 0.899. The summed E-state index contributed by atoms with van der Waals surface area (Å²) in [6.07, 6.45) is 3.52. The molecule has 0 bridgehead atoms. The van der Waals surface area contributed by atoms with Gasteiger partial charge in [0.05, 0.1) is 0 Å². The van der Waals surface area contributed by atoms with Gasteiger partial charge in [-0.2, -0.15) is 0 Å². The van der Waals surface area contributed by atoms with Crippen molar-refractivity contribution in [3.8, 4) is 0 Å². The average Bonchev–Trinajstić information content (AvgIpc) is 2.90. The Morgan fingerprint density at radius 3 is 2.50 bits per heavy atom. The molecule has 1 aromatic carbocycles. The zero-order valence-corrected chi connectivity index (χ0v) is 13.0. The van der Waals surface area contributed by atoms with Crippen molar-refractivity contribution < 1.29 is 14.3 Å². The molecule has 2 aliphatic heterocycles. The molecule has 0 amide bonds. The highest BCUT2D eigenvalue weighted by molar-refractivity contribution is 6.07. The molecular formula is C18H21NO3. The SMILES string of the molecule is CC(C)c1ccc(/C=C2/N=C(C3CCOCC3)OC2=O)cc1. The van der Waals surface area contributed by atoms with Crippen molar-refractivity contribution in [2.24, 2.45) is 10.9 Å². The minimum atomic E-state index is -0.352. The van der Waals surface area contributed by atoms with E-state index in [4.69, 9.17) is 9.47 Å². The molecule has 1 fully saturated rings. The van der Waals surface area contributed by atoms with Gasteiger partial charge in [-0.25, -0.2) is 9.79 Å². The summed E-state index contributed by atoms with van der Waals surface area (Å²) in [4.78, 5) is 16.4. The van der Waals surface area contributed by atoms with E-state index in [1.165, 1.54) is 5.56 Å². The Hall–Kier alpha value is -1.94. The lowest BCUT2D eigenvalue weighted by Gasteiger charge is -2.20. The van der Waals surface area contributed by atoms with Crippen molar-refractivity contribution >= 4 is 17.9 Å². The van der Waals surface area contributed by atoms with Gasteiger partial charge in [0.1, 0.15) is 0 Å². The largest absolute Gasteiger partial charge is 0.406 e. The van der Waals surface area contributed by atoms with E-state index in [1.54, 1.807) is 6.08 Å². The number of hydrogen-bond donors (Lipinski definition) is 0. The van der Waals surface area contributed by atoms with Crippen molar-refractivity contribution in [3.05, 3.63) is 41.1 Å². The molecule has 22 heavy (non-hydrogen) atoms. The molecule has 0 radical (unpaired) electrons. The van der Waals surface area contributed by atoms with E-state index in [9.17, 15) is 4.79 Å². The Morgan fingerprint density at radius 1 is 1.18 bits per heavy atom. The molecule has 4 heteroatoms. The van der Waals surface area contributed by atoms with E-state index in [1.807, 2.05) is 12.1 Å². The van der Waals surface area contributed by atoms with Crippen LogP contribution in [0.3, 0.4) is 0 Å². The molecule has 0 spiro atoms. The summed E-state index contributed by atoms with van der Waals surface area (Å²) < 4.78 is 10.7. The van der Waals surface area contributed by atoms with Crippen LogP contribution in [-0.4, -0.2) is 25.1 Å². The minimum absolute atomic E-state index is 0.201. The lowest BCUT2D eigenvalue weighted by molar-refractivity contribution is -0.130. The van der Waals surface area contributed by atoms with Gasteiger partial charge in [-0.15, -0.1) is 0 Å². The summed E-state index contributed by atoms with van der Waals surface area (Å²) in [5, 5.41) is 0. The molecule has 1 aromatic rings. The van der Waals surface area contributed by atoms with Gasteiger partial charge in [0.25, 0.3) is 0 Å². The predicted octanol–water partition coefficient (Wildman–Crippen LogP) is 3.53. The molecule has 0 aromatic heterocycles. The van der Waals surface area contributed by atoms with Crippen molar-refractivity contribution in [2.45, 2.75) is 32.6 Å². The Morgan fingerprint density at radius 2 is 1.86 bits per heavy atom. The molecule has 2 heterocycles. The molecule has 116 valence electrons. The third kappa shape index (κ3) is 3.28. The number of rotatable bonds is 3. The van der Waals surface area contributed by atoms with Crippen LogP contribution in [0.5, 0.6) is 0 Å². The van der Waals surface area contributed by atoms with Crippen molar-refractivity contribution in [2.75, 3.05) is 13.2 Å². The Kier molecular flexibility index (Phi) is 4.39. The second-order valence-corrected chi connectivity index (χ2v) is 6.08. The fraction of sp³-hybridized carbons (Fsp3) is 0.444. The molecule has 0 aliphatic carbocycles. The van der Waals surface area contributed by atoms with Crippen LogP contribution < -0.4 is 0 Å². The second-order valence-electron chi connectivity index (χ2n) is 6.08. The third-order valence-corrected chi connectivity index (χ3v) is 4.11. The molecule has 3 rings (SSSR count). The smallest absolute Gasteiger partial charge is 0.363 e. The maximum atomic E-state index is 12.0. The van der Waals surface area contributed by atoms with Crippen molar-refractivity contribution in [1.29, 1.82) is 0 Å². The Balaban J connectivity index is 1.77. The van der Waals surface area contributed by atoms with Gasteiger partial charge in [-0.1, -0.05) is 38.1 Å². The van der Waals surface area contributed by atoms with Crippen LogP contribution in [0.25, 0.3) is 6.08 Å². The first-order chi connectivity index (χ1) is 10.6. The number of ether oxygens (including phenoxy) is 2. The van der Waals surface area contributed by atoms with Crippen LogP contribution >= 0.6 is 0 Å². The van der Waals surface area contributed by atoms with E-state index in [2.05, 4.69) is 31.0 Å². The standard InChI is InChI=1S/C18H21NO3/c1-12(2)14-5-3-13(4-6-14)11-16-18(20)22-17(19-16)15-7-9-21-10-8-15/h3-6,11-12,15H,7-10H2,1-2H3/b16-11+. The first-order valence-corrected chi connectivity index (χ1v) is 7.83. The van der Waals surface area contributed by atoms with Gasteiger partial charge in [-0.3, -0.25) is 0 Å². The summed E-state index contributed by atoms with van der Waals surface area (Å²) >= 11 is 0. The maximum absolute atomic E-state index is 12.0. The number of hydrogen-bond acceptors (Lipinski definition) is 4. The summed E-state index contributed by atoms with van der Waals surface area (Å²) in [6, 6.07) is 8.19. The van der Waals surface area contributed by atoms with Gasteiger partial charge in [0.2, 0.25) is 5.90 Å². The van der Waals surface area contributed by atoms with Crippen LogP contribution in [0, 0.1) is 5.92 Å². The Bertz CT molecular complexity index is 608. The number of aliphatic imine (C=N–C) groups is 1. The lowest BCUT2D eigenvalue weighted by atomic mass is 10.0. The van der Waals surface area contributed by atoms with E-state index in [0.29, 0.717) is 30.7 Å². The van der Waals surface area contributed by atoms with Gasteiger partial charge in [-0.05, 0) is 36.0 Å². The zero-order chi connectivity index (χ0) is 15.5. The van der Waals surface area contributed by atoms with Crippen molar-refractivity contribution in [3.63, 3.8) is 0 Å². The molecule has 2 aliphatic rings. The number of esters is 1. The molecular weight excluding hydrogens is 278 g/mol. The van der Waals surface area contributed by atoms with Crippen LogP contribution in [0.1, 0.15) is 43.7 Å². The first kappa shape index (κ1) is 15.0. The molecule has 4 nitrogen and oxygen atoms in total. The van der Waals surface area contributed by atoms with E-state index in [-0.39, 0.29) is 11.9 Å². The molecule has 0 N–H and O–H groups in total. The average molecular weight is 299 g/mol. The number of carbonyl (C=O) groups excluding carboxylic acids is 1. The summed E-state index contributed by atoms with van der Waals surface area (Å²) in [7, 11) is 0. The first-order valence-electron chi connectivity index (χ1n) is 7.83. The molecule has 0 unspecified atom stereocenters. The fourth-order valence-corrected chi connectivity index (χ4v) is 2.68. The van der Waals surface area contributed by atoms with E-state index < -0.39 is 0 Å². The number of carbonyl (C=O) groups is 1. The molecule has 1 saturated heterocycles. The zero-order valence-electron chi connectivity index (χ0n) is 13.0. The van der Waals surface area contributed by atoms with Crippen LogP contribution in [-0.2, 0) is 14.3 Å².